The third-order valence-electron chi connectivity index (χ3n) is 4.15. The Hall–Kier alpha value is -3.45. The van der Waals surface area contributed by atoms with E-state index >= 15 is 0 Å². The normalized spacial score (nSPS) is 10.4. The van der Waals surface area contributed by atoms with Crippen LogP contribution in [0.25, 0.3) is 5.69 Å². The van der Waals surface area contributed by atoms with E-state index in [4.69, 9.17) is 25.8 Å². The topological polar surface area (TPSA) is 78.8 Å². The van der Waals surface area contributed by atoms with Crippen molar-refractivity contribution in [1.82, 2.24) is 4.57 Å². The lowest BCUT2D eigenvalue weighted by atomic mass is 10.1. The summed E-state index contributed by atoms with van der Waals surface area (Å²) in [6.45, 7) is 1.79. The lowest BCUT2D eigenvalue weighted by molar-refractivity contribution is -0.145. The summed E-state index contributed by atoms with van der Waals surface area (Å²) in [4.78, 5) is 24.3. The van der Waals surface area contributed by atoms with Gasteiger partial charge < -0.3 is 24.1 Å². The third kappa shape index (κ3) is 5.12. The van der Waals surface area contributed by atoms with Crippen LogP contribution >= 0.6 is 11.6 Å². The number of benzene rings is 2. The van der Waals surface area contributed by atoms with Crippen LogP contribution in [0.5, 0.6) is 11.5 Å². The van der Waals surface area contributed by atoms with E-state index in [1.807, 2.05) is 29.1 Å². The van der Waals surface area contributed by atoms with E-state index in [1.54, 1.807) is 43.3 Å². The van der Waals surface area contributed by atoms with Gasteiger partial charge in [0.05, 0.1) is 30.0 Å². The molecule has 1 aromatic heterocycles. The number of esters is 1. The maximum atomic E-state index is 12.8. The predicted octanol–water partition coefficient (Wildman–Crippen LogP) is 4.33. The first-order chi connectivity index (χ1) is 14.5. The Kier molecular flexibility index (Phi) is 6.98. The molecule has 0 atom stereocenters. The molecule has 1 amide bonds. The van der Waals surface area contributed by atoms with Crippen LogP contribution in [-0.4, -0.2) is 36.8 Å². The molecule has 0 radical (unpaired) electrons. The van der Waals surface area contributed by atoms with Crippen molar-refractivity contribution in [1.29, 1.82) is 0 Å². The zero-order valence-corrected chi connectivity index (χ0v) is 17.3. The second-order valence-corrected chi connectivity index (χ2v) is 6.58. The highest BCUT2D eigenvalue weighted by Crippen LogP contribution is 2.30. The van der Waals surface area contributed by atoms with Crippen molar-refractivity contribution >= 4 is 29.2 Å². The summed E-state index contributed by atoms with van der Waals surface area (Å²) in [5, 5.41) is 3.19. The first-order valence-electron chi connectivity index (χ1n) is 9.22. The Morgan fingerprint density at radius 3 is 2.57 bits per heavy atom. The van der Waals surface area contributed by atoms with Gasteiger partial charge in [0.1, 0.15) is 11.5 Å². The second kappa shape index (κ2) is 9.84. The summed E-state index contributed by atoms with van der Waals surface area (Å²) in [5.74, 6) is -0.0476. The van der Waals surface area contributed by atoms with Gasteiger partial charge in [-0.2, -0.15) is 0 Å². The Morgan fingerprint density at radius 1 is 1.10 bits per heavy atom. The number of nitrogens with one attached hydrogen (secondary N) is 1. The quantitative estimate of drug-likeness (QED) is 0.540. The van der Waals surface area contributed by atoms with Gasteiger partial charge in [-0.1, -0.05) is 17.7 Å². The van der Waals surface area contributed by atoms with Gasteiger partial charge in [-0.25, -0.2) is 4.79 Å². The van der Waals surface area contributed by atoms with Crippen LogP contribution in [0.3, 0.4) is 0 Å². The van der Waals surface area contributed by atoms with Crippen LogP contribution in [-0.2, 0) is 9.53 Å². The molecular weight excluding hydrogens is 408 g/mol. The molecule has 156 valence electrons. The van der Waals surface area contributed by atoms with Crippen molar-refractivity contribution in [3.63, 3.8) is 0 Å². The van der Waals surface area contributed by atoms with Crippen molar-refractivity contribution < 1.29 is 23.8 Å². The minimum atomic E-state index is -0.464. The number of hydrogen-bond acceptors (Lipinski definition) is 5. The first-order valence-corrected chi connectivity index (χ1v) is 9.60. The highest BCUT2D eigenvalue weighted by atomic mass is 35.5. The number of amides is 1. The average Bonchev–Trinajstić information content (AvgIpc) is 3.27. The molecule has 1 heterocycles. The lowest BCUT2D eigenvalue weighted by Gasteiger charge is -2.14. The Bertz CT molecular complexity index is 1030. The van der Waals surface area contributed by atoms with Crippen LogP contribution < -0.4 is 14.8 Å². The number of hydrogen-bond donors (Lipinski definition) is 1. The summed E-state index contributed by atoms with van der Waals surface area (Å²) in [6, 6.07) is 13.7. The molecule has 0 aliphatic heterocycles. The number of rotatable bonds is 8. The molecule has 3 rings (SSSR count). The van der Waals surface area contributed by atoms with Crippen LogP contribution in [0.1, 0.15) is 17.3 Å². The van der Waals surface area contributed by atoms with Crippen molar-refractivity contribution in [2.45, 2.75) is 6.92 Å². The van der Waals surface area contributed by atoms with Gasteiger partial charge in [0.25, 0.3) is 5.91 Å². The number of carbonyl (C=O) groups is 2. The number of anilines is 1. The molecule has 3 aromatic rings. The van der Waals surface area contributed by atoms with Gasteiger partial charge in [0.2, 0.25) is 0 Å². The number of nitrogens with zero attached hydrogens (tertiary/aromatic N) is 1. The highest BCUT2D eigenvalue weighted by molar-refractivity contribution is 6.33. The van der Waals surface area contributed by atoms with Gasteiger partial charge in [-0.05, 0) is 37.3 Å². The molecule has 0 spiro atoms. The molecule has 1 N–H and O–H groups in total. The molecule has 0 aliphatic carbocycles. The number of methoxy groups -OCH3 is 1. The smallest absolute Gasteiger partial charge is 0.344 e. The molecule has 0 unspecified atom stereocenters. The van der Waals surface area contributed by atoms with E-state index in [1.165, 1.54) is 7.11 Å². The fourth-order valence-electron chi connectivity index (χ4n) is 2.79. The van der Waals surface area contributed by atoms with Crippen LogP contribution in [0.15, 0.2) is 60.9 Å². The van der Waals surface area contributed by atoms with Gasteiger partial charge in [0, 0.05) is 30.2 Å². The molecule has 7 nitrogen and oxygen atoms in total. The number of ether oxygens (including phenoxy) is 3. The van der Waals surface area contributed by atoms with Gasteiger partial charge in [-0.15, -0.1) is 0 Å². The van der Waals surface area contributed by atoms with Gasteiger partial charge >= 0.3 is 5.97 Å². The SMILES string of the molecule is CCOC(=O)COc1cccc(NC(=O)c2cc(Cl)c(-n3cccc3)cc2OC)c1. The minimum Gasteiger partial charge on any atom is -0.496 e. The summed E-state index contributed by atoms with van der Waals surface area (Å²) in [6.07, 6.45) is 3.70. The zero-order chi connectivity index (χ0) is 21.5. The molecule has 0 aliphatic rings. The van der Waals surface area contributed by atoms with Crippen LogP contribution in [0.2, 0.25) is 5.02 Å². The van der Waals surface area contributed by atoms with Crippen molar-refractivity contribution in [3.05, 3.63) is 71.5 Å². The van der Waals surface area contributed by atoms with E-state index in [2.05, 4.69) is 5.32 Å². The summed E-state index contributed by atoms with van der Waals surface area (Å²) in [5.41, 5.74) is 1.48. The van der Waals surface area contributed by atoms with E-state index in [9.17, 15) is 9.59 Å². The van der Waals surface area contributed by atoms with Gasteiger partial charge in [-0.3, -0.25) is 4.79 Å². The number of carbonyl (C=O) groups excluding carboxylic acids is 2. The molecule has 8 heteroatoms. The molecular formula is C22H21ClN2O5. The monoisotopic (exact) mass is 428 g/mol. The van der Waals surface area contributed by atoms with Crippen LogP contribution in [0.4, 0.5) is 5.69 Å². The Morgan fingerprint density at radius 2 is 1.87 bits per heavy atom. The summed E-state index contributed by atoms with van der Waals surface area (Å²) < 4.78 is 17.5. The standard InChI is InChI=1S/C22H21ClN2O5/c1-3-29-21(26)14-30-16-8-6-7-15(11-16)24-22(27)17-12-18(23)19(13-20(17)28-2)25-9-4-5-10-25/h4-13H,3,14H2,1-2H3,(H,24,27). The van der Waals surface area contributed by atoms with Gasteiger partial charge in [0.15, 0.2) is 6.61 Å². The molecule has 0 saturated heterocycles. The zero-order valence-electron chi connectivity index (χ0n) is 16.6. The van der Waals surface area contributed by atoms with E-state index in [-0.39, 0.29) is 18.8 Å². The molecule has 2 aromatic carbocycles. The molecule has 0 saturated carbocycles. The maximum Gasteiger partial charge on any atom is 0.344 e. The fraction of sp³-hybridized carbons (Fsp3) is 0.182. The predicted molar refractivity (Wildman–Crippen MR) is 114 cm³/mol. The maximum absolute atomic E-state index is 12.8. The largest absolute Gasteiger partial charge is 0.496 e. The minimum absolute atomic E-state index is 0.213. The average molecular weight is 429 g/mol. The Balaban J connectivity index is 1.77. The third-order valence-corrected chi connectivity index (χ3v) is 4.45. The summed E-state index contributed by atoms with van der Waals surface area (Å²) in [7, 11) is 1.49. The highest BCUT2D eigenvalue weighted by Gasteiger charge is 2.17. The molecule has 30 heavy (non-hydrogen) atoms. The van der Waals surface area contributed by atoms with Crippen molar-refractivity contribution in [3.8, 4) is 17.2 Å². The molecule has 0 bridgehead atoms. The van der Waals surface area contributed by atoms with Crippen molar-refractivity contribution in [2.24, 2.45) is 0 Å². The molecule has 0 fully saturated rings. The van der Waals surface area contributed by atoms with E-state index < -0.39 is 11.9 Å². The van der Waals surface area contributed by atoms with Crippen molar-refractivity contribution in [2.75, 3.05) is 25.6 Å². The fourth-order valence-corrected chi connectivity index (χ4v) is 3.05. The van der Waals surface area contributed by atoms with E-state index in [0.717, 1.165) is 0 Å². The number of aromatic nitrogens is 1. The second-order valence-electron chi connectivity index (χ2n) is 6.17. The number of halogens is 1. The summed E-state index contributed by atoms with van der Waals surface area (Å²) >= 11 is 6.40. The Labute approximate surface area is 179 Å². The first kappa shape index (κ1) is 21.3. The van der Waals surface area contributed by atoms with E-state index in [0.29, 0.717) is 27.9 Å². The lowest BCUT2D eigenvalue weighted by Crippen LogP contribution is -2.15. The van der Waals surface area contributed by atoms with Crippen LogP contribution in [0, 0.1) is 0 Å².